The molecule has 0 saturated heterocycles. The highest BCUT2D eigenvalue weighted by molar-refractivity contribution is 5.79. The van der Waals surface area contributed by atoms with Crippen LogP contribution in [0.5, 0.6) is 0 Å². The van der Waals surface area contributed by atoms with Crippen LogP contribution in [-0.2, 0) is 13.2 Å². The molecule has 0 spiro atoms. The van der Waals surface area contributed by atoms with Gasteiger partial charge in [-0.15, -0.1) is 0 Å². The normalized spacial score (nSPS) is 15.1. The monoisotopic (exact) mass is 333 g/mol. The Hall–Kier alpha value is -1.88. The van der Waals surface area contributed by atoms with Gasteiger partial charge in [0.2, 0.25) is 0 Å². The van der Waals surface area contributed by atoms with Gasteiger partial charge in [0.1, 0.15) is 5.82 Å². The lowest BCUT2D eigenvalue weighted by Gasteiger charge is -2.15. The summed E-state index contributed by atoms with van der Waals surface area (Å²) in [4.78, 5) is 4.54. The number of hydrogen-bond donors (Lipinski definition) is 3. The van der Waals surface area contributed by atoms with Gasteiger partial charge in [0, 0.05) is 18.7 Å². The molecular formula is C19H28FN3O. The summed E-state index contributed by atoms with van der Waals surface area (Å²) in [6.45, 7) is 3.84. The first-order valence-corrected chi connectivity index (χ1v) is 8.81. The fourth-order valence-corrected chi connectivity index (χ4v) is 2.83. The quantitative estimate of drug-likeness (QED) is 0.408. The van der Waals surface area contributed by atoms with Crippen molar-refractivity contribution >= 4 is 5.96 Å². The van der Waals surface area contributed by atoms with E-state index in [9.17, 15) is 4.39 Å². The summed E-state index contributed by atoms with van der Waals surface area (Å²) in [7, 11) is 0. The third-order valence-electron chi connectivity index (χ3n) is 4.17. The lowest BCUT2D eigenvalue weighted by atomic mass is 9.97. The van der Waals surface area contributed by atoms with Crippen LogP contribution < -0.4 is 10.6 Å². The largest absolute Gasteiger partial charge is 0.392 e. The molecule has 0 atom stereocenters. The minimum absolute atomic E-state index is 0.295. The predicted molar refractivity (Wildman–Crippen MR) is 96.3 cm³/mol. The SMILES string of the molecule is CCNC(=NCc1ccc(F)c(CO)c1)NCCC1=CCCCC1. The van der Waals surface area contributed by atoms with E-state index in [-0.39, 0.29) is 12.4 Å². The van der Waals surface area contributed by atoms with Gasteiger partial charge >= 0.3 is 0 Å². The maximum Gasteiger partial charge on any atom is 0.191 e. The van der Waals surface area contributed by atoms with E-state index >= 15 is 0 Å². The molecule has 5 heteroatoms. The highest BCUT2D eigenvalue weighted by Crippen LogP contribution is 2.19. The number of hydrogen-bond acceptors (Lipinski definition) is 2. The van der Waals surface area contributed by atoms with Crippen LogP contribution in [0.1, 0.15) is 50.2 Å². The van der Waals surface area contributed by atoms with E-state index in [1.807, 2.05) is 6.92 Å². The molecule has 1 aliphatic carbocycles. The van der Waals surface area contributed by atoms with E-state index in [2.05, 4.69) is 21.7 Å². The zero-order chi connectivity index (χ0) is 17.2. The van der Waals surface area contributed by atoms with Gasteiger partial charge in [0.15, 0.2) is 5.96 Å². The van der Waals surface area contributed by atoms with Gasteiger partial charge in [-0.25, -0.2) is 9.38 Å². The fraction of sp³-hybridized carbons (Fsp3) is 0.526. The molecule has 4 nitrogen and oxygen atoms in total. The van der Waals surface area contributed by atoms with E-state index in [1.54, 1.807) is 12.1 Å². The Morgan fingerprint density at radius 2 is 2.17 bits per heavy atom. The van der Waals surface area contributed by atoms with Gasteiger partial charge in [-0.1, -0.05) is 17.7 Å². The van der Waals surface area contributed by atoms with E-state index in [0.717, 1.165) is 31.0 Å². The number of allylic oxidation sites excluding steroid dienone is 1. The molecule has 132 valence electrons. The average molecular weight is 333 g/mol. The van der Waals surface area contributed by atoms with E-state index < -0.39 is 0 Å². The summed E-state index contributed by atoms with van der Waals surface area (Å²) in [6, 6.07) is 4.75. The highest BCUT2D eigenvalue weighted by Gasteiger charge is 2.05. The Bertz CT molecular complexity index is 584. The Labute approximate surface area is 143 Å². The molecule has 0 fully saturated rings. The topological polar surface area (TPSA) is 56.7 Å². The van der Waals surface area contributed by atoms with Gasteiger partial charge in [-0.05, 0) is 56.7 Å². The van der Waals surface area contributed by atoms with Crippen molar-refractivity contribution in [1.29, 1.82) is 0 Å². The van der Waals surface area contributed by atoms with Crippen LogP contribution >= 0.6 is 0 Å². The Morgan fingerprint density at radius 1 is 1.29 bits per heavy atom. The standard InChI is InChI=1S/C19H28FN3O/c1-2-21-19(22-11-10-15-6-4-3-5-7-15)23-13-16-8-9-18(20)17(12-16)14-24/h6,8-9,12,24H,2-5,7,10-11,13-14H2,1H3,(H2,21,22,23). The number of aliphatic hydroxyl groups excluding tert-OH is 1. The molecule has 1 aromatic carbocycles. The lowest BCUT2D eigenvalue weighted by Crippen LogP contribution is -2.37. The average Bonchev–Trinajstić information content (AvgIpc) is 2.61. The molecule has 0 aromatic heterocycles. The maximum absolute atomic E-state index is 13.4. The Morgan fingerprint density at radius 3 is 2.88 bits per heavy atom. The third-order valence-corrected chi connectivity index (χ3v) is 4.17. The smallest absolute Gasteiger partial charge is 0.191 e. The van der Waals surface area contributed by atoms with Crippen molar-refractivity contribution in [2.24, 2.45) is 4.99 Å². The number of nitrogens with zero attached hydrogens (tertiary/aromatic N) is 1. The zero-order valence-electron chi connectivity index (χ0n) is 14.4. The molecule has 0 aliphatic heterocycles. The summed E-state index contributed by atoms with van der Waals surface area (Å²) < 4.78 is 13.4. The van der Waals surface area contributed by atoms with Crippen LogP contribution in [-0.4, -0.2) is 24.2 Å². The second-order valence-corrected chi connectivity index (χ2v) is 6.06. The van der Waals surface area contributed by atoms with Gasteiger partial charge < -0.3 is 15.7 Å². The van der Waals surface area contributed by atoms with Crippen LogP contribution in [0.2, 0.25) is 0 Å². The number of aliphatic imine (C=N–C) groups is 1. The van der Waals surface area contributed by atoms with Crippen molar-refractivity contribution in [1.82, 2.24) is 10.6 Å². The van der Waals surface area contributed by atoms with Crippen LogP contribution in [0.25, 0.3) is 0 Å². The van der Waals surface area contributed by atoms with Crippen molar-refractivity contribution in [3.8, 4) is 0 Å². The number of nitrogens with one attached hydrogen (secondary N) is 2. The van der Waals surface area contributed by atoms with Crippen molar-refractivity contribution in [2.45, 2.75) is 52.2 Å². The molecule has 0 saturated carbocycles. The first-order chi connectivity index (χ1) is 11.7. The Balaban J connectivity index is 1.88. The van der Waals surface area contributed by atoms with Gasteiger partial charge in [0.25, 0.3) is 0 Å². The van der Waals surface area contributed by atoms with Gasteiger partial charge in [-0.2, -0.15) is 0 Å². The molecule has 3 N–H and O–H groups in total. The van der Waals surface area contributed by atoms with Gasteiger partial charge in [-0.3, -0.25) is 0 Å². The molecule has 0 heterocycles. The number of benzene rings is 1. The fourth-order valence-electron chi connectivity index (χ4n) is 2.83. The van der Waals surface area contributed by atoms with Crippen molar-refractivity contribution in [3.63, 3.8) is 0 Å². The summed E-state index contributed by atoms with van der Waals surface area (Å²) >= 11 is 0. The minimum Gasteiger partial charge on any atom is -0.392 e. The number of aliphatic hydroxyl groups is 1. The van der Waals surface area contributed by atoms with Crippen molar-refractivity contribution < 1.29 is 9.50 Å². The molecule has 0 bridgehead atoms. The summed E-state index contributed by atoms with van der Waals surface area (Å²) in [6.07, 6.45) is 8.46. The summed E-state index contributed by atoms with van der Waals surface area (Å²) in [5, 5.41) is 15.7. The van der Waals surface area contributed by atoms with Crippen molar-refractivity contribution in [3.05, 3.63) is 46.8 Å². The van der Waals surface area contributed by atoms with Crippen LogP contribution in [0.15, 0.2) is 34.8 Å². The summed E-state index contributed by atoms with van der Waals surface area (Å²) in [5.41, 5.74) is 2.73. The van der Waals surface area contributed by atoms with Crippen LogP contribution in [0, 0.1) is 5.82 Å². The van der Waals surface area contributed by atoms with Crippen molar-refractivity contribution in [2.75, 3.05) is 13.1 Å². The maximum atomic E-state index is 13.4. The van der Waals surface area contributed by atoms with Crippen LogP contribution in [0.4, 0.5) is 4.39 Å². The molecule has 0 amide bonds. The first-order valence-electron chi connectivity index (χ1n) is 8.81. The number of rotatable bonds is 7. The molecule has 24 heavy (non-hydrogen) atoms. The molecule has 0 radical (unpaired) electrons. The zero-order valence-corrected chi connectivity index (χ0v) is 14.4. The molecule has 0 unspecified atom stereocenters. The minimum atomic E-state index is -0.379. The summed E-state index contributed by atoms with van der Waals surface area (Å²) in [5.74, 6) is 0.389. The highest BCUT2D eigenvalue weighted by atomic mass is 19.1. The van der Waals surface area contributed by atoms with Gasteiger partial charge in [0.05, 0.1) is 13.2 Å². The van der Waals surface area contributed by atoms with E-state index in [4.69, 9.17) is 5.11 Å². The molecule has 1 aromatic rings. The lowest BCUT2D eigenvalue weighted by molar-refractivity contribution is 0.275. The molecular weight excluding hydrogens is 305 g/mol. The molecule has 2 rings (SSSR count). The Kier molecular flexibility index (Phi) is 7.75. The first kappa shape index (κ1) is 18.5. The third kappa shape index (κ3) is 5.96. The van der Waals surface area contributed by atoms with Crippen LogP contribution in [0.3, 0.4) is 0 Å². The second-order valence-electron chi connectivity index (χ2n) is 6.06. The van der Waals surface area contributed by atoms with E-state index in [1.165, 1.54) is 37.3 Å². The number of halogens is 1. The molecule has 1 aliphatic rings. The predicted octanol–water partition coefficient (Wildman–Crippen LogP) is 3.26. The van der Waals surface area contributed by atoms with E-state index in [0.29, 0.717) is 12.1 Å². The second kappa shape index (κ2) is 10.1. The number of guanidine groups is 1.